The number of nitrogens with one attached hydrogen (secondary N) is 2. The number of halogens is 1. The van der Waals surface area contributed by atoms with Crippen LogP contribution in [0.3, 0.4) is 0 Å². The Bertz CT molecular complexity index is 620. The smallest absolute Gasteiger partial charge is 0.273 e. The third kappa shape index (κ3) is 2.84. The number of carbonyl (C=O) groups is 1. The lowest BCUT2D eigenvalue weighted by molar-refractivity contribution is 0.0931. The first kappa shape index (κ1) is 13.1. The quantitative estimate of drug-likeness (QED) is 0.909. The maximum absolute atomic E-state index is 12.0. The number of amides is 1. The molecule has 20 heavy (non-hydrogen) atoms. The second-order valence-electron chi connectivity index (χ2n) is 4.75. The van der Waals surface area contributed by atoms with E-state index in [0.29, 0.717) is 10.8 Å². The highest BCUT2D eigenvalue weighted by atomic mass is 35.5. The molecule has 1 unspecified atom stereocenters. The number of aromatic nitrogens is 1. The Hall–Kier alpha value is -1.85. The summed E-state index contributed by atoms with van der Waals surface area (Å²) in [4.78, 5) is 12.0. The minimum atomic E-state index is -0.212. The van der Waals surface area contributed by atoms with E-state index in [1.807, 2.05) is 12.1 Å². The molecule has 0 saturated carbocycles. The van der Waals surface area contributed by atoms with E-state index in [1.54, 1.807) is 18.2 Å². The Balaban J connectivity index is 1.74. The number of carbonyl (C=O) groups excluding carboxylic acids is 1. The van der Waals surface area contributed by atoms with Crippen LogP contribution in [0, 0.1) is 0 Å². The van der Waals surface area contributed by atoms with Crippen molar-refractivity contribution in [2.75, 3.05) is 13.1 Å². The normalized spacial score (nSPS) is 18.1. The highest BCUT2D eigenvalue weighted by Gasteiger charge is 2.20. The molecule has 1 amide bonds. The van der Waals surface area contributed by atoms with Crippen LogP contribution in [-0.2, 0) is 0 Å². The molecule has 0 aliphatic carbocycles. The first-order valence-electron chi connectivity index (χ1n) is 6.46. The van der Waals surface area contributed by atoms with Gasteiger partial charge in [0, 0.05) is 29.2 Å². The van der Waals surface area contributed by atoms with E-state index in [-0.39, 0.29) is 17.6 Å². The van der Waals surface area contributed by atoms with E-state index >= 15 is 0 Å². The van der Waals surface area contributed by atoms with Gasteiger partial charge in [-0.1, -0.05) is 28.9 Å². The molecule has 1 aliphatic rings. The van der Waals surface area contributed by atoms with Gasteiger partial charge in [-0.15, -0.1) is 0 Å². The molecule has 0 spiro atoms. The zero-order valence-electron chi connectivity index (χ0n) is 10.7. The van der Waals surface area contributed by atoms with Crippen LogP contribution < -0.4 is 10.6 Å². The largest absolute Gasteiger partial charge is 0.355 e. The summed E-state index contributed by atoms with van der Waals surface area (Å²) in [5.41, 5.74) is 1.08. The van der Waals surface area contributed by atoms with Crippen molar-refractivity contribution >= 4 is 17.5 Å². The average Bonchev–Trinajstić information content (AvgIpc) is 3.09. The Morgan fingerprint density at radius 2 is 2.35 bits per heavy atom. The van der Waals surface area contributed by atoms with E-state index < -0.39 is 0 Å². The fourth-order valence-electron chi connectivity index (χ4n) is 2.20. The van der Waals surface area contributed by atoms with Crippen LogP contribution >= 0.6 is 11.6 Å². The Morgan fingerprint density at radius 1 is 1.45 bits per heavy atom. The fourth-order valence-corrected chi connectivity index (χ4v) is 2.39. The van der Waals surface area contributed by atoms with Crippen molar-refractivity contribution in [2.24, 2.45) is 0 Å². The van der Waals surface area contributed by atoms with Gasteiger partial charge in [-0.25, -0.2) is 0 Å². The Labute approximate surface area is 121 Å². The molecule has 5 nitrogen and oxygen atoms in total. The standard InChI is InChI=1S/C14H14ClN3O2/c15-10-3-1-2-9(6-10)13-7-12(18-20-13)14(19)17-11-4-5-16-8-11/h1-3,6-7,11,16H,4-5,8H2,(H,17,19). The van der Waals surface area contributed by atoms with Gasteiger partial charge < -0.3 is 15.2 Å². The number of nitrogens with zero attached hydrogens (tertiary/aromatic N) is 1. The van der Waals surface area contributed by atoms with Crippen LogP contribution in [0.1, 0.15) is 16.9 Å². The second kappa shape index (κ2) is 5.64. The summed E-state index contributed by atoms with van der Waals surface area (Å²) in [6.07, 6.45) is 0.935. The summed E-state index contributed by atoms with van der Waals surface area (Å²) in [6.45, 7) is 1.72. The van der Waals surface area contributed by atoms with E-state index in [2.05, 4.69) is 15.8 Å². The van der Waals surface area contributed by atoms with Gasteiger partial charge in [-0.3, -0.25) is 4.79 Å². The van der Waals surface area contributed by atoms with Crippen molar-refractivity contribution in [3.05, 3.63) is 41.0 Å². The van der Waals surface area contributed by atoms with Crippen molar-refractivity contribution in [2.45, 2.75) is 12.5 Å². The SMILES string of the molecule is O=C(NC1CCNC1)c1cc(-c2cccc(Cl)c2)on1. The molecule has 1 atom stereocenters. The van der Waals surface area contributed by atoms with Crippen LogP contribution in [0.4, 0.5) is 0 Å². The van der Waals surface area contributed by atoms with Gasteiger partial charge in [-0.05, 0) is 25.1 Å². The monoisotopic (exact) mass is 291 g/mol. The van der Waals surface area contributed by atoms with Gasteiger partial charge in [0.15, 0.2) is 11.5 Å². The van der Waals surface area contributed by atoms with Crippen molar-refractivity contribution < 1.29 is 9.32 Å². The summed E-state index contributed by atoms with van der Waals surface area (Å²) >= 11 is 5.93. The average molecular weight is 292 g/mol. The maximum atomic E-state index is 12.0. The van der Waals surface area contributed by atoms with Crippen LogP contribution in [0.2, 0.25) is 5.02 Å². The lowest BCUT2D eigenvalue weighted by Gasteiger charge is -2.08. The van der Waals surface area contributed by atoms with E-state index in [9.17, 15) is 4.79 Å². The van der Waals surface area contributed by atoms with Gasteiger partial charge >= 0.3 is 0 Å². The van der Waals surface area contributed by atoms with Gasteiger partial charge in [0.05, 0.1) is 0 Å². The maximum Gasteiger partial charge on any atom is 0.273 e. The third-order valence-corrected chi connectivity index (χ3v) is 3.48. The number of rotatable bonds is 3. The molecule has 6 heteroatoms. The summed E-state index contributed by atoms with van der Waals surface area (Å²) in [5, 5.41) is 10.5. The highest BCUT2D eigenvalue weighted by molar-refractivity contribution is 6.30. The Kier molecular flexibility index (Phi) is 3.71. The molecular weight excluding hydrogens is 278 g/mol. The summed E-state index contributed by atoms with van der Waals surface area (Å²) < 4.78 is 5.21. The highest BCUT2D eigenvalue weighted by Crippen LogP contribution is 2.23. The number of hydrogen-bond acceptors (Lipinski definition) is 4. The topological polar surface area (TPSA) is 67.2 Å². The van der Waals surface area contributed by atoms with E-state index in [0.717, 1.165) is 25.1 Å². The molecular formula is C14H14ClN3O2. The predicted molar refractivity (Wildman–Crippen MR) is 75.7 cm³/mol. The summed E-state index contributed by atoms with van der Waals surface area (Å²) in [5.74, 6) is 0.318. The molecule has 104 valence electrons. The van der Waals surface area contributed by atoms with Crippen LogP contribution in [0.25, 0.3) is 11.3 Å². The molecule has 1 fully saturated rings. The van der Waals surface area contributed by atoms with Gasteiger partial charge in [0.1, 0.15) is 0 Å². The van der Waals surface area contributed by atoms with Crippen LogP contribution in [0.5, 0.6) is 0 Å². The lowest BCUT2D eigenvalue weighted by Crippen LogP contribution is -2.36. The van der Waals surface area contributed by atoms with Crippen molar-refractivity contribution in [1.29, 1.82) is 0 Å². The molecule has 0 radical (unpaired) electrons. The molecule has 3 rings (SSSR count). The van der Waals surface area contributed by atoms with Crippen LogP contribution in [0.15, 0.2) is 34.9 Å². The predicted octanol–water partition coefficient (Wildman–Crippen LogP) is 2.09. The zero-order valence-corrected chi connectivity index (χ0v) is 11.5. The molecule has 0 bridgehead atoms. The first-order chi connectivity index (χ1) is 9.72. The number of hydrogen-bond donors (Lipinski definition) is 2. The van der Waals surface area contributed by atoms with Gasteiger partial charge in [0.25, 0.3) is 5.91 Å². The molecule has 1 aliphatic heterocycles. The first-order valence-corrected chi connectivity index (χ1v) is 6.84. The molecule has 1 saturated heterocycles. The lowest BCUT2D eigenvalue weighted by atomic mass is 10.1. The molecule has 2 aromatic rings. The minimum absolute atomic E-state index is 0.161. The minimum Gasteiger partial charge on any atom is -0.355 e. The van der Waals surface area contributed by atoms with Gasteiger partial charge in [0.2, 0.25) is 0 Å². The van der Waals surface area contributed by atoms with Crippen molar-refractivity contribution in [3.8, 4) is 11.3 Å². The third-order valence-electron chi connectivity index (χ3n) is 3.25. The Morgan fingerprint density at radius 3 is 3.10 bits per heavy atom. The van der Waals surface area contributed by atoms with Crippen molar-refractivity contribution in [1.82, 2.24) is 15.8 Å². The van der Waals surface area contributed by atoms with Crippen molar-refractivity contribution in [3.63, 3.8) is 0 Å². The molecule has 1 aromatic heterocycles. The van der Waals surface area contributed by atoms with Crippen LogP contribution in [-0.4, -0.2) is 30.2 Å². The molecule has 1 aromatic carbocycles. The number of benzene rings is 1. The van der Waals surface area contributed by atoms with Gasteiger partial charge in [-0.2, -0.15) is 0 Å². The zero-order chi connectivity index (χ0) is 13.9. The second-order valence-corrected chi connectivity index (χ2v) is 5.19. The summed E-state index contributed by atoms with van der Waals surface area (Å²) in [7, 11) is 0. The molecule has 2 heterocycles. The fraction of sp³-hybridized carbons (Fsp3) is 0.286. The van der Waals surface area contributed by atoms with E-state index in [4.69, 9.17) is 16.1 Å². The molecule has 2 N–H and O–H groups in total. The summed E-state index contributed by atoms with van der Waals surface area (Å²) in [6, 6.07) is 9.02. The van der Waals surface area contributed by atoms with E-state index in [1.165, 1.54) is 0 Å².